The highest BCUT2D eigenvalue weighted by molar-refractivity contribution is 6.32. The summed E-state index contributed by atoms with van der Waals surface area (Å²) in [7, 11) is 0. The lowest BCUT2D eigenvalue weighted by molar-refractivity contribution is 0.0526. The smallest absolute Gasteiger partial charge is 0.338 e. The predicted molar refractivity (Wildman–Crippen MR) is 109 cm³/mol. The number of esters is 1. The fourth-order valence-electron chi connectivity index (χ4n) is 3.13. The standard InChI is InChI=1S/C22H24ClNO3/c1-4-26-22(25)18-7-6-17-8-10-24(20(17)14-18)9-5-11-27-19-12-15(2)21(23)16(3)13-19/h6-8,10,12-14H,4-5,9,11H2,1-3H3. The first-order valence-corrected chi connectivity index (χ1v) is 9.53. The van der Waals surface area contributed by atoms with Crippen molar-refractivity contribution in [2.45, 2.75) is 33.7 Å². The second kappa shape index (κ2) is 8.49. The number of carbonyl (C=O) groups excluding carboxylic acids is 1. The number of halogens is 1. The number of aryl methyl sites for hydroxylation is 3. The van der Waals surface area contributed by atoms with Crippen molar-refractivity contribution in [3.05, 3.63) is 64.3 Å². The van der Waals surface area contributed by atoms with Crippen LogP contribution in [0.15, 0.2) is 42.6 Å². The topological polar surface area (TPSA) is 40.5 Å². The minimum absolute atomic E-state index is 0.288. The van der Waals surface area contributed by atoms with Gasteiger partial charge in [-0.1, -0.05) is 17.7 Å². The van der Waals surface area contributed by atoms with E-state index < -0.39 is 0 Å². The van der Waals surface area contributed by atoms with E-state index in [0.29, 0.717) is 18.8 Å². The molecule has 0 atom stereocenters. The van der Waals surface area contributed by atoms with Crippen molar-refractivity contribution in [3.8, 4) is 5.75 Å². The van der Waals surface area contributed by atoms with Crippen molar-refractivity contribution in [1.29, 1.82) is 0 Å². The molecule has 0 fully saturated rings. The highest BCUT2D eigenvalue weighted by atomic mass is 35.5. The third kappa shape index (κ3) is 4.45. The lowest BCUT2D eigenvalue weighted by atomic mass is 10.1. The Morgan fingerprint density at radius 3 is 2.56 bits per heavy atom. The Balaban J connectivity index is 1.63. The molecule has 0 aliphatic carbocycles. The second-order valence-electron chi connectivity index (χ2n) is 6.58. The van der Waals surface area contributed by atoms with Gasteiger partial charge in [-0.3, -0.25) is 0 Å². The predicted octanol–water partition coefficient (Wildman–Crippen LogP) is 5.56. The van der Waals surface area contributed by atoms with Gasteiger partial charge in [0.15, 0.2) is 0 Å². The number of benzene rings is 2. The quantitative estimate of drug-likeness (QED) is 0.395. The Hall–Kier alpha value is -2.46. The summed E-state index contributed by atoms with van der Waals surface area (Å²) in [6, 6.07) is 11.6. The van der Waals surface area contributed by atoms with Crippen LogP contribution in [0.25, 0.3) is 10.9 Å². The van der Waals surface area contributed by atoms with Gasteiger partial charge in [-0.25, -0.2) is 4.79 Å². The summed E-state index contributed by atoms with van der Waals surface area (Å²) >= 11 is 6.20. The van der Waals surface area contributed by atoms with Gasteiger partial charge in [0.2, 0.25) is 0 Å². The molecule has 3 rings (SSSR count). The first kappa shape index (κ1) is 19.3. The van der Waals surface area contributed by atoms with Crippen LogP contribution in [0, 0.1) is 13.8 Å². The first-order valence-electron chi connectivity index (χ1n) is 9.15. The van der Waals surface area contributed by atoms with Crippen molar-refractivity contribution in [2.75, 3.05) is 13.2 Å². The van der Waals surface area contributed by atoms with Crippen LogP contribution >= 0.6 is 11.6 Å². The Bertz CT molecular complexity index is 938. The number of fused-ring (bicyclic) bond motifs is 1. The monoisotopic (exact) mass is 385 g/mol. The molecule has 0 unspecified atom stereocenters. The minimum atomic E-state index is -0.288. The summed E-state index contributed by atoms with van der Waals surface area (Å²) in [5.41, 5.74) is 3.65. The van der Waals surface area contributed by atoms with Crippen molar-refractivity contribution in [3.63, 3.8) is 0 Å². The maximum Gasteiger partial charge on any atom is 0.338 e. The van der Waals surface area contributed by atoms with Crippen LogP contribution < -0.4 is 4.74 Å². The molecule has 4 nitrogen and oxygen atoms in total. The molecule has 1 heterocycles. The third-order valence-electron chi connectivity index (χ3n) is 4.51. The summed E-state index contributed by atoms with van der Waals surface area (Å²) in [5.74, 6) is 0.556. The number of rotatable bonds is 7. The molecule has 0 aliphatic heterocycles. The van der Waals surface area contributed by atoms with Gasteiger partial charge in [0.05, 0.1) is 18.8 Å². The SMILES string of the molecule is CCOC(=O)c1ccc2ccn(CCCOc3cc(C)c(Cl)c(C)c3)c2c1. The van der Waals surface area contributed by atoms with E-state index in [1.54, 1.807) is 6.07 Å². The summed E-state index contributed by atoms with van der Waals surface area (Å²) < 4.78 is 13.1. The molecule has 27 heavy (non-hydrogen) atoms. The Labute approximate surface area is 164 Å². The lowest BCUT2D eigenvalue weighted by Gasteiger charge is -2.11. The summed E-state index contributed by atoms with van der Waals surface area (Å²) in [6.07, 6.45) is 2.89. The van der Waals surface area contributed by atoms with E-state index in [1.165, 1.54) is 0 Å². The third-order valence-corrected chi connectivity index (χ3v) is 5.10. The van der Waals surface area contributed by atoms with Gasteiger partial charge in [-0.2, -0.15) is 0 Å². The van der Waals surface area contributed by atoms with Gasteiger partial charge in [0.1, 0.15) is 5.75 Å². The first-order chi connectivity index (χ1) is 13.0. The zero-order valence-electron chi connectivity index (χ0n) is 15.9. The zero-order chi connectivity index (χ0) is 19.4. The number of hydrogen-bond acceptors (Lipinski definition) is 3. The second-order valence-corrected chi connectivity index (χ2v) is 6.95. The van der Waals surface area contributed by atoms with E-state index in [4.69, 9.17) is 21.1 Å². The van der Waals surface area contributed by atoms with E-state index in [2.05, 4.69) is 10.6 Å². The van der Waals surface area contributed by atoms with Gasteiger partial charge < -0.3 is 14.0 Å². The van der Waals surface area contributed by atoms with Crippen molar-refractivity contribution in [1.82, 2.24) is 4.57 Å². The summed E-state index contributed by atoms with van der Waals surface area (Å²) in [4.78, 5) is 12.0. The zero-order valence-corrected chi connectivity index (χ0v) is 16.7. The molecule has 0 bridgehead atoms. The van der Waals surface area contributed by atoms with Crippen LogP contribution in [-0.2, 0) is 11.3 Å². The molecule has 0 spiro atoms. The Morgan fingerprint density at radius 2 is 1.85 bits per heavy atom. The lowest BCUT2D eigenvalue weighted by Crippen LogP contribution is -2.06. The van der Waals surface area contributed by atoms with E-state index in [9.17, 15) is 4.79 Å². The van der Waals surface area contributed by atoms with Gasteiger partial charge in [0.25, 0.3) is 0 Å². The van der Waals surface area contributed by atoms with Crippen LogP contribution in [0.5, 0.6) is 5.75 Å². The highest BCUT2D eigenvalue weighted by Gasteiger charge is 2.09. The van der Waals surface area contributed by atoms with E-state index in [1.807, 2.05) is 51.2 Å². The summed E-state index contributed by atoms with van der Waals surface area (Å²) in [6.45, 7) is 7.56. The molecule has 0 radical (unpaired) electrons. The molecule has 1 aromatic heterocycles. The Morgan fingerprint density at radius 1 is 1.11 bits per heavy atom. The molecular weight excluding hydrogens is 362 g/mol. The van der Waals surface area contributed by atoms with E-state index in [-0.39, 0.29) is 5.97 Å². The van der Waals surface area contributed by atoms with Crippen LogP contribution in [0.2, 0.25) is 5.02 Å². The van der Waals surface area contributed by atoms with E-state index >= 15 is 0 Å². The molecule has 0 N–H and O–H groups in total. The molecule has 0 saturated heterocycles. The van der Waals surface area contributed by atoms with Crippen LogP contribution in [-0.4, -0.2) is 23.8 Å². The minimum Gasteiger partial charge on any atom is -0.494 e. The largest absolute Gasteiger partial charge is 0.494 e. The fourth-order valence-corrected chi connectivity index (χ4v) is 3.24. The van der Waals surface area contributed by atoms with E-state index in [0.717, 1.165) is 45.8 Å². The van der Waals surface area contributed by atoms with Gasteiger partial charge in [-0.15, -0.1) is 0 Å². The van der Waals surface area contributed by atoms with Crippen LogP contribution in [0.1, 0.15) is 34.8 Å². The van der Waals surface area contributed by atoms with Crippen LogP contribution in [0.3, 0.4) is 0 Å². The molecule has 0 amide bonds. The molecule has 0 aliphatic rings. The van der Waals surface area contributed by atoms with Crippen molar-refractivity contribution < 1.29 is 14.3 Å². The molecule has 3 aromatic rings. The average Bonchev–Trinajstić information content (AvgIpc) is 3.05. The van der Waals surface area contributed by atoms with Gasteiger partial charge >= 0.3 is 5.97 Å². The van der Waals surface area contributed by atoms with Crippen LogP contribution in [0.4, 0.5) is 0 Å². The Kier molecular flexibility index (Phi) is 6.07. The molecular formula is C22H24ClNO3. The highest BCUT2D eigenvalue weighted by Crippen LogP contribution is 2.26. The maximum atomic E-state index is 12.0. The fraction of sp³-hybridized carbons (Fsp3) is 0.318. The number of ether oxygens (including phenoxy) is 2. The average molecular weight is 386 g/mol. The number of nitrogens with zero attached hydrogens (tertiary/aromatic N) is 1. The van der Waals surface area contributed by atoms with Gasteiger partial charge in [-0.05, 0) is 74.0 Å². The maximum absolute atomic E-state index is 12.0. The number of aromatic nitrogens is 1. The molecule has 2 aromatic carbocycles. The van der Waals surface area contributed by atoms with Crippen molar-refractivity contribution in [2.24, 2.45) is 0 Å². The number of carbonyl (C=O) groups is 1. The summed E-state index contributed by atoms with van der Waals surface area (Å²) in [5, 5.41) is 1.89. The number of hydrogen-bond donors (Lipinski definition) is 0. The molecule has 142 valence electrons. The normalized spacial score (nSPS) is 11.0. The van der Waals surface area contributed by atoms with Gasteiger partial charge in [0, 0.05) is 23.3 Å². The molecule has 5 heteroatoms. The molecule has 0 saturated carbocycles. The van der Waals surface area contributed by atoms with Crippen molar-refractivity contribution >= 4 is 28.5 Å².